The van der Waals surface area contributed by atoms with Gasteiger partial charge in [0.25, 0.3) is 5.91 Å². The van der Waals surface area contributed by atoms with Gasteiger partial charge in [0.05, 0.1) is 6.10 Å². The molecule has 4 rings (SSSR count). The van der Waals surface area contributed by atoms with Crippen molar-refractivity contribution in [2.24, 2.45) is 7.05 Å². The second kappa shape index (κ2) is 7.76. The predicted octanol–water partition coefficient (Wildman–Crippen LogP) is 2.29. The Labute approximate surface area is 154 Å². The highest BCUT2D eigenvalue weighted by Gasteiger charge is 2.26. The van der Waals surface area contributed by atoms with E-state index in [1.807, 2.05) is 40.9 Å². The van der Waals surface area contributed by atoms with Crippen molar-refractivity contribution in [3.63, 3.8) is 0 Å². The fourth-order valence-electron chi connectivity index (χ4n) is 4.04. The standard InChI is InChI=1S/C20H28N4O2/c1-22-12-8-16-6-7-18(21-19(16)22)20(25)24-11-5-13-26-17(15-24)14-23-9-3-2-4-10-23/h6-8,12,17H,2-5,9-11,13-15H2,1H3. The molecule has 0 bridgehead atoms. The topological polar surface area (TPSA) is 50.6 Å². The number of fused-ring (bicyclic) bond motifs is 1. The number of hydrogen-bond donors (Lipinski definition) is 0. The Morgan fingerprint density at radius 1 is 1.15 bits per heavy atom. The van der Waals surface area contributed by atoms with Gasteiger partial charge in [-0.25, -0.2) is 4.98 Å². The number of likely N-dealkylation sites (tertiary alicyclic amines) is 1. The summed E-state index contributed by atoms with van der Waals surface area (Å²) >= 11 is 0. The number of aryl methyl sites for hydroxylation is 1. The van der Waals surface area contributed by atoms with E-state index >= 15 is 0 Å². The minimum atomic E-state index is 0.0160. The number of ether oxygens (including phenoxy) is 1. The summed E-state index contributed by atoms with van der Waals surface area (Å²) in [5, 5.41) is 1.06. The van der Waals surface area contributed by atoms with Gasteiger partial charge in [-0.2, -0.15) is 0 Å². The van der Waals surface area contributed by atoms with Gasteiger partial charge in [0.2, 0.25) is 0 Å². The lowest BCUT2D eigenvalue weighted by Gasteiger charge is -2.31. The van der Waals surface area contributed by atoms with Crippen LogP contribution in [-0.4, -0.2) is 70.7 Å². The Hall–Kier alpha value is -1.92. The molecule has 2 fully saturated rings. The van der Waals surface area contributed by atoms with Gasteiger partial charge in [-0.3, -0.25) is 4.79 Å². The van der Waals surface area contributed by atoms with Crippen molar-refractivity contribution in [3.05, 3.63) is 30.1 Å². The summed E-state index contributed by atoms with van der Waals surface area (Å²) in [6.45, 7) is 5.35. The van der Waals surface area contributed by atoms with Crippen molar-refractivity contribution < 1.29 is 9.53 Å². The van der Waals surface area contributed by atoms with Gasteiger partial charge in [0.15, 0.2) is 0 Å². The Morgan fingerprint density at radius 2 is 2.00 bits per heavy atom. The first-order valence-corrected chi connectivity index (χ1v) is 9.76. The highest BCUT2D eigenvalue weighted by molar-refractivity contribution is 5.94. The van der Waals surface area contributed by atoms with Crippen LogP contribution in [0.4, 0.5) is 0 Å². The summed E-state index contributed by atoms with van der Waals surface area (Å²) in [6, 6.07) is 5.84. The Bertz CT molecular complexity index is 766. The van der Waals surface area contributed by atoms with Gasteiger partial charge >= 0.3 is 0 Å². The van der Waals surface area contributed by atoms with Crippen LogP contribution in [0.15, 0.2) is 24.4 Å². The van der Waals surface area contributed by atoms with Gasteiger partial charge in [-0.1, -0.05) is 6.42 Å². The number of rotatable bonds is 3. The molecule has 0 aliphatic carbocycles. The maximum Gasteiger partial charge on any atom is 0.272 e. The van der Waals surface area contributed by atoms with Crippen LogP contribution in [0, 0.1) is 0 Å². The van der Waals surface area contributed by atoms with E-state index in [0.717, 1.165) is 50.2 Å². The van der Waals surface area contributed by atoms with Crippen molar-refractivity contribution in [1.29, 1.82) is 0 Å². The zero-order chi connectivity index (χ0) is 17.9. The van der Waals surface area contributed by atoms with E-state index in [-0.39, 0.29) is 12.0 Å². The van der Waals surface area contributed by atoms with Crippen LogP contribution in [0.3, 0.4) is 0 Å². The van der Waals surface area contributed by atoms with Crippen LogP contribution in [0.1, 0.15) is 36.2 Å². The van der Waals surface area contributed by atoms with Gasteiger partial charge < -0.3 is 19.1 Å². The number of nitrogens with zero attached hydrogens (tertiary/aromatic N) is 4. The summed E-state index contributed by atoms with van der Waals surface area (Å²) in [6.07, 6.45) is 6.83. The molecule has 2 aliphatic heterocycles. The zero-order valence-electron chi connectivity index (χ0n) is 15.6. The summed E-state index contributed by atoms with van der Waals surface area (Å²) in [5.74, 6) is 0.0160. The molecular weight excluding hydrogens is 328 g/mol. The first-order valence-electron chi connectivity index (χ1n) is 9.76. The van der Waals surface area contributed by atoms with Crippen molar-refractivity contribution in [2.45, 2.75) is 31.8 Å². The SMILES string of the molecule is Cn1ccc2ccc(C(=O)N3CCCOC(CN4CCCCC4)C3)nc21. The molecule has 140 valence electrons. The molecule has 2 aliphatic rings. The van der Waals surface area contributed by atoms with E-state index in [2.05, 4.69) is 9.88 Å². The smallest absolute Gasteiger partial charge is 0.272 e. The molecule has 0 spiro atoms. The van der Waals surface area contributed by atoms with E-state index in [0.29, 0.717) is 12.2 Å². The molecule has 4 heterocycles. The maximum absolute atomic E-state index is 13.1. The highest BCUT2D eigenvalue weighted by atomic mass is 16.5. The zero-order valence-corrected chi connectivity index (χ0v) is 15.6. The molecule has 0 saturated carbocycles. The molecule has 1 amide bonds. The Balaban J connectivity index is 1.47. The summed E-state index contributed by atoms with van der Waals surface area (Å²) in [4.78, 5) is 22.1. The first kappa shape index (κ1) is 17.5. The van der Waals surface area contributed by atoms with Gasteiger partial charge in [0.1, 0.15) is 11.3 Å². The van der Waals surface area contributed by atoms with E-state index in [1.165, 1.54) is 19.3 Å². The van der Waals surface area contributed by atoms with Gasteiger partial charge in [-0.15, -0.1) is 0 Å². The number of aromatic nitrogens is 2. The number of hydrogen-bond acceptors (Lipinski definition) is 4. The molecule has 1 atom stereocenters. The molecule has 0 radical (unpaired) electrons. The molecule has 0 N–H and O–H groups in total. The quantitative estimate of drug-likeness (QED) is 0.847. The minimum absolute atomic E-state index is 0.0160. The molecule has 26 heavy (non-hydrogen) atoms. The monoisotopic (exact) mass is 356 g/mol. The van der Waals surface area contributed by atoms with Gasteiger partial charge in [-0.05, 0) is 50.6 Å². The third kappa shape index (κ3) is 3.76. The Morgan fingerprint density at radius 3 is 2.85 bits per heavy atom. The second-order valence-corrected chi connectivity index (χ2v) is 7.49. The van der Waals surface area contributed by atoms with Crippen molar-refractivity contribution >= 4 is 16.9 Å². The third-order valence-electron chi connectivity index (χ3n) is 5.48. The number of pyridine rings is 1. The molecule has 2 aromatic rings. The van der Waals surface area contributed by atoms with E-state index in [9.17, 15) is 4.79 Å². The van der Waals surface area contributed by atoms with E-state index in [4.69, 9.17) is 4.74 Å². The van der Waals surface area contributed by atoms with Crippen molar-refractivity contribution in [1.82, 2.24) is 19.4 Å². The second-order valence-electron chi connectivity index (χ2n) is 7.49. The maximum atomic E-state index is 13.1. The molecule has 6 nitrogen and oxygen atoms in total. The van der Waals surface area contributed by atoms with Crippen molar-refractivity contribution in [3.8, 4) is 0 Å². The highest BCUT2D eigenvalue weighted by Crippen LogP contribution is 2.17. The van der Waals surface area contributed by atoms with Crippen LogP contribution in [-0.2, 0) is 11.8 Å². The molecule has 2 saturated heterocycles. The lowest BCUT2D eigenvalue weighted by Crippen LogP contribution is -2.44. The van der Waals surface area contributed by atoms with Crippen LogP contribution in [0.5, 0.6) is 0 Å². The fourth-order valence-corrected chi connectivity index (χ4v) is 4.04. The largest absolute Gasteiger partial charge is 0.375 e. The molecule has 6 heteroatoms. The van der Waals surface area contributed by atoms with Crippen LogP contribution >= 0.6 is 0 Å². The average Bonchev–Trinajstić information content (AvgIpc) is 2.89. The van der Waals surface area contributed by atoms with E-state index in [1.54, 1.807) is 0 Å². The normalized spacial score (nSPS) is 22.5. The molecule has 0 aromatic carbocycles. The van der Waals surface area contributed by atoms with E-state index < -0.39 is 0 Å². The average molecular weight is 356 g/mol. The lowest BCUT2D eigenvalue weighted by molar-refractivity contribution is 0.0215. The number of carbonyl (C=O) groups is 1. The summed E-state index contributed by atoms with van der Waals surface area (Å²) in [7, 11) is 1.96. The third-order valence-corrected chi connectivity index (χ3v) is 5.48. The van der Waals surface area contributed by atoms with Crippen LogP contribution in [0.25, 0.3) is 11.0 Å². The number of amides is 1. The predicted molar refractivity (Wildman–Crippen MR) is 101 cm³/mol. The van der Waals surface area contributed by atoms with Crippen LogP contribution < -0.4 is 0 Å². The Kier molecular flexibility index (Phi) is 5.22. The van der Waals surface area contributed by atoms with Crippen molar-refractivity contribution in [2.75, 3.05) is 39.3 Å². The fraction of sp³-hybridized carbons (Fsp3) is 0.600. The van der Waals surface area contributed by atoms with Gasteiger partial charge in [0, 0.05) is 44.9 Å². The summed E-state index contributed by atoms with van der Waals surface area (Å²) < 4.78 is 7.99. The first-order chi connectivity index (χ1) is 12.7. The summed E-state index contributed by atoms with van der Waals surface area (Å²) in [5.41, 5.74) is 1.38. The minimum Gasteiger partial charge on any atom is -0.375 e. The number of carbonyl (C=O) groups excluding carboxylic acids is 1. The lowest BCUT2D eigenvalue weighted by atomic mass is 10.1. The van der Waals surface area contributed by atoms with Crippen LogP contribution in [0.2, 0.25) is 0 Å². The molecule has 1 unspecified atom stereocenters. The molecular formula is C20H28N4O2. The molecule has 2 aromatic heterocycles. The number of piperidine rings is 1.